The Morgan fingerprint density at radius 3 is 1.80 bits per heavy atom. The first-order valence-corrected chi connectivity index (χ1v) is 12.2. The number of anilines is 2. The summed E-state index contributed by atoms with van der Waals surface area (Å²) in [7, 11) is 0. The molecule has 0 amide bonds. The molecule has 0 saturated heterocycles. The van der Waals surface area contributed by atoms with Crippen molar-refractivity contribution in [2.75, 3.05) is 10.6 Å². The fourth-order valence-corrected chi connectivity index (χ4v) is 3.89. The van der Waals surface area contributed by atoms with Gasteiger partial charge in [-0.1, -0.05) is 98.6 Å². The van der Waals surface area contributed by atoms with Crippen LogP contribution in [0.15, 0.2) is 108 Å². The van der Waals surface area contributed by atoms with E-state index in [-0.39, 0.29) is 11.5 Å². The van der Waals surface area contributed by atoms with E-state index in [1.807, 2.05) is 18.2 Å². The molecule has 178 valence electrons. The second kappa shape index (κ2) is 10.6. The Labute approximate surface area is 210 Å². The molecule has 4 aromatic rings. The van der Waals surface area contributed by atoms with E-state index in [1.54, 1.807) is 0 Å². The molecule has 0 aliphatic rings. The van der Waals surface area contributed by atoms with Crippen molar-refractivity contribution in [1.29, 1.82) is 0 Å². The first kappa shape index (κ1) is 24.3. The Morgan fingerprint density at radius 1 is 0.657 bits per heavy atom. The first-order chi connectivity index (χ1) is 16.8. The maximum atomic E-state index is 5.10. The van der Waals surface area contributed by atoms with Crippen molar-refractivity contribution >= 4 is 22.9 Å². The van der Waals surface area contributed by atoms with E-state index in [0.717, 1.165) is 28.5 Å². The SMILES string of the molecule is Cc1ccc(N=C(Nc2ccc(C)cc2)C(Nc2ccccc2)c2ccc(C(C)(C)C)cc2)cc1. The van der Waals surface area contributed by atoms with Gasteiger partial charge >= 0.3 is 0 Å². The first-order valence-electron chi connectivity index (χ1n) is 12.2. The van der Waals surface area contributed by atoms with Crippen LogP contribution in [-0.2, 0) is 5.41 Å². The third-order valence-electron chi connectivity index (χ3n) is 6.08. The number of rotatable bonds is 6. The Kier molecular flexibility index (Phi) is 7.36. The highest BCUT2D eigenvalue weighted by atomic mass is 15.1. The molecule has 4 aromatic carbocycles. The number of hydrogen-bond donors (Lipinski definition) is 2. The molecule has 0 radical (unpaired) electrons. The molecule has 0 heterocycles. The molecule has 0 saturated carbocycles. The molecule has 0 spiro atoms. The minimum atomic E-state index is -0.172. The van der Waals surface area contributed by atoms with Crippen LogP contribution in [0.2, 0.25) is 0 Å². The average molecular weight is 462 g/mol. The second-order valence-corrected chi connectivity index (χ2v) is 10.1. The quantitative estimate of drug-likeness (QED) is 0.223. The van der Waals surface area contributed by atoms with Gasteiger partial charge in [0.05, 0.1) is 5.69 Å². The van der Waals surface area contributed by atoms with Crippen molar-refractivity contribution < 1.29 is 0 Å². The van der Waals surface area contributed by atoms with E-state index in [0.29, 0.717) is 0 Å². The van der Waals surface area contributed by atoms with Crippen LogP contribution < -0.4 is 10.6 Å². The van der Waals surface area contributed by atoms with Crippen LogP contribution >= 0.6 is 0 Å². The number of hydrogen-bond acceptors (Lipinski definition) is 2. The molecule has 4 rings (SSSR count). The van der Waals surface area contributed by atoms with Gasteiger partial charge in [-0.15, -0.1) is 0 Å². The summed E-state index contributed by atoms with van der Waals surface area (Å²) in [6.07, 6.45) is 0. The van der Waals surface area contributed by atoms with Crippen molar-refractivity contribution in [3.63, 3.8) is 0 Å². The van der Waals surface area contributed by atoms with E-state index in [1.165, 1.54) is 16.7 Å². The van der Waals surface area contributed by atoms with Crippen LogP contribution in [0, 0.1) is 13.8 Å². The van der Waals surface area contributed by atoms with Crippen molar-refractivity contribution in [3.05, 3.63) is 125 Å². The van der Waals surface area contributed by atoms with Gasteiger partial charge in [0, 0.05) is 11.4 Å². The van der Waals surface area contributed by atoms with Gasteiger partial charge in [0.2, 0.25) is 0 Å². The summed E-state index contributed by atoms with van der Waals surface area (Å²) in [5.74, 6) is 0.838. The third kappa shape index (κ3) is 6.60. The minimum absolute atomic E-state index is 0.0971. The van der Waals surface area contributed by atoms with Crippen LogP contribution in [-0.4, -0.2) is 5.84 Å². The monoisotopic (exact) mass is 461 g/mol. The smallest absolute Gasteiger partial charge is 0.134 e. The third-order valence-corrected chi connectivity index (χ3v) is 6.08. The summed E-state index contributed by atoms with van der Waals surface area (Å²) in [5, 5.41) is 7.34. The summed E-state index contributed by atoms with van der Waals surface area (Å²) in [6, 6.07) is 35.8. The van der Waals surface area contributed by atoms with E-state index in [9.17, 15) is 0 Å². The summed E-state index contributed by atoms with van der Waals surface area (Å²) in [4.78, 5) is 5.10. The molecule has 0 aliphatic carbocycles. The van der Waals surface area contributed by atoms with Crippen molar-refractivity contribution in [1.82, 2.24) is 0 Å². The van der Waals surface area contributed by atoms with Crippen molar-refractivity contribution in [2.24, 2.45) is 4.99 Å². The maximum absolute atomic E-state index is 5.10. The number of amidine groups is 1. The molecule has 2 N–H and O–H groups in total. The van der Waals surface area contributed by atoms with Crippen LogP contribution in [0.3, 0.4) is 0 Å². The summed E-state index contributed by atoms with van der Waals surface area (Å²) in [5.41, 5.74) is 7.96. The van der Waals surface area contributed by atoms with Crippen LogP contribution in [0.25, 0.3) is 0 Å². The number of para-hydroxylation sites is 1. The van der Waals surface area contributed by atoms with Gasteiger partial charge < -0.3 is 10.6 Å². The Bertz CT molecular complexity index is 1250. The fraction of sp³-hybridized carbons (Fsp3) is 0.219. The van der Waals surface area contributed by atoms with Gasteiger partial charge in [0.1, 0.15) is 11.9 Å². The molecule has 1 unspecified atom stereocenters. The fourth-order valence-electron chi connectivity index (χ4n) is 3.89. The molecule has 3 heteroatoms. The molecule has 3 nitrogen and oxygen atoms in total. The topological polar surface area (TPSA) is 36.4 Å². The van der Waals surface area contributed by atoms with Gasteiger partial charge in [-0.2, -0.15) is 0 Å². The minimum Gasteiger partial charge on any atom is -0.372 e. The van der Waals surface area contributed by atoms with Crippen LogP contribution in [0.4, 0.5) is 17.1 Å². The van der Waals surface area contributed by atoms with Gasteiger partial charge in [-0.25, -0.2) is 4.99 Å². The van der Waals surface area contributed by atoms with Gasteiger partial charge in [0.15, 0.2) is 0 Å². The highest BCUT2D eigenvalue weighted by Gasteiger charge is 2.21. The zero-order valence-corrected chi connectivity index (χ0v) is 21.3. The normalized spacial score (nSPS) is 12.8. The average Bonchev–Trinajstić information content (AvgIpc) is 2.85. The summed E-state index contributed by atoms with van der Waals surface area (Å²) in [6.45, 7) is 10.9. The highest BCUT2D eigenvalue weighted by molar-refractivity contribution is 6.03. The Morgan fingerprint density at radius 2 is 1.23 bits per heavy atom. The lowest BCUT2D eigenvalue weighted by Gasteiger charge is -2.25. The number of aryl methyl sites for hydroxylation is 2. The molecule has 0 aliphatic heterocycles. The standard InChI is InChI=1S/C32H35N3/c1-23-11-19-28(20-12-23)34-31(35-29-21-13-24(2)14-22-29)30(33-27-9-7-6-8-10-27)25-15-17-26(18-16-25)32(3,4)5/h6-22,30,33H,1-5H3,(H,34,35). The zero-order chi connectivity index (χ0) is 24.8. The van der Waals surface area contributed by atoms with E-state index in [4.69, 9.17) is 4.99 Å². The molecule has 0 bridgehead atoms. The molecule has 35 heavy (non-hydrogen) atoms. The van der Waals surface area contributed by atoms with Crippen molar-refractivity contribution in [2.45, 2.75) is 46.1 Å². The van der Waals surface area contributed by atoms with Gasteiger partial charge in [-0.3, -0.25) is 0 Å². The molecular formula is C32H35N3. The Balaban J connectivity index is 1.80. The maximum Gasteiger partial charge on any atom is 0.134 e. The second-order valence-electron chi connectivity index (χ2n) is 10.1. The van der Waals surface area contributed by atoms with Gasteiger partial charge in [0.25, 0.3) is 0 Å². The zero-order valence-electron chi connectivity index (χ0n) is 21.3. The van der Waals surface area contributed by atoms with E-state index in [2.05, 4.69) is 130 Å². The predicted molar refractivity (Wildman–Crippen MR) is 151 cm³/mol. The predicted octanol–water partition coefficient (Wildman–Crippen LogP) is 8.60. The number of benzene rings is 4. The van der Waals surface area contributed by atoms with Gasteiger partial charge in [-0.05, 0) is 66.8 Å². The Hall–Kier alpha value is -3.85. The lowest BCUT2D eigenvalue weighted by atomic mass is 9.86. The number of nitrogens with one attached hydrogen (secondary N) is 2. The molecule has 1 atom stereocenters. The van der Waals surface area contributed by atoms with Crippen LogP contribution in [0.1, 0.15) is 49.1 Å². The summed E-state index contributed by atoms with van der Waals surface area (Å²) >= 11 is 0. The van der Waals surface area contributed by atoms with Crippen LogP contribution in [0.5, 0.6) is 0 Å². The number of nitrogens with zero attached hydrogens (tertiary/aromatic N) is 1. The highest BCUT2D eigenvalue weighted by Crippen LogP contribution is 2.28. The molecule has 0 aromatic heterocycles. The lowest BCUT2D eigenvalue weighted by molar-refractivity contribution is 0.590. The summed E-state index contributed by atoms with van der Waals surface area (Å²) < 4.78 is 0. The van der Waals surface area contributed by atoms with E-state index < -0.39 is 0 Å². The lowest BCUT2D eigenvalue weighted by Crippen LogP contribution is -2.27. The number of aliphatic imine (C=N–C) groups is 1. The van der Waals surface area contributed by atoms with E-state index >= 15 is 0 Å². The molecule has 0 fully saturated rings. The van der Waals surface area contributed by atoms with Crippen molar-refractivity contribution in [3.8, 4) is 0 Å². The largest absolute Gasteiger partial charge is 0.372 e. The molecular weight excluding hydrogens is 426 g/mol.